The molecule has 1 heterocycles. The molecule has 1 aliphatic rings. The number of ketones is 1. The van der Waals surface area contributed by atoms with Crippen LogP contribution >= 0.6 is 0 Å². The summed E-state index contributed by atoms with van der Waals surface area (Å²) < 4.78 is 30.0. The Morgan fingerprint density at radius 3 is 2.54 bits per heavy atom. The van der Waals surface area contributed by atoms with E-state index in [-0.39, 0.29) is 50.8 Å². The summed E-state index contributed by atoms with van der Waals surface area (Å²) >= 11 is 0. The summed E-state index contributed by atoms with van der Waals surface area (Å²) in [6.07, 6.45) is 0.0760. The molecule has 1 unspecified atom stereocenters. The fourth-order valence-electron chi connectivity index (χ4n) is 3.01. The molecule has 154 valence electrons. The van der Waals surface area contributed by atoms with Crippen LogP contribution < -0.4 is 0 Å². The average molecular weight is 412 g/mol. The Hall–Kier alpha value is -2.01. The van der Waals surface area contributed by atoms with Crippen LogP contribution in [-0.2, 0) is 34.8 Å². The van der Waals surface area contributed by atoms with Crippen LogP contribution in [0, 0.1) is 4.91 Å². The van der Waals surface area contributed by atoms with Crippen molar-refractivity contribution in [1.29, 1.82) is 0 Å². The fraction of sp³-hybridized carbons (Fsp3) is 0.556. The maximum absolute atomic E-state index is 12.9. The van der Waals surface area contributed by atoms with Gasteiger partial charge in [0.15, 0.2) is 5.78 Å². The number of hydrogen-bond donors (Lipinski definition) is 0. The minimum Gasteiger partial charge on any atom is -0.466 e. The van der Waals surface area contributed by atoms with E-state index in [1.54, 1.807) is 29.4 Å². The summed E-state index contributed by atoms with van der Waals surface area (Å²) in [6, 6.07) is 6.41. The summed E-state index contributed by atoms with van der Waals surface area (Å²) in [6.45, 7) is 2.31. The van der Waals surface area contributed by atoms with Crippen LogP contribution in [-0.4, -0.2) is 59.5 Å². The van der Waals surface area contributed by atoms with Crippen molar-refractivity contribution < 1.29 is 28.0 Å². The first-order chi connectivity index (χ1) is 13.5. The van der Waals surface area contributed by atoms with Crippen molar-refractivity contribution in [3.63, 3.8) is 0 Å². The smallest absolute Gasteiger partial charge is 0.313 e. The van der Waals surface area contributed by atoms with Gasteiger partial charge >= 0.3 is 5.97 Å². The number of benzene rings is 1. The molecule has 9 nitrogen and oxygen atoms in total. The molecule has 0 amide bonds. The normalized spacial score (nSPS) is 17.6. The van der Waals surface area contributed by atoms with Gasteiger partial charge in [-0.1, -0.05) is 12.1 Å². The Morgan fingerprint density at radius 1 is 1.25 bits per heavy atom. The number of piperidine rings is 1. The number of nitrogens with zero attached hydrogens (tertiary/aromatic N) is 2. The average Bonchev–Trinajstić information content (AvgIpc) is 2.72. The maximum Gasteiger partial charge on any atom is 0.313 e. The monoisotopic (exact) mass is 412 g/mol. The Kier molecular flexibility index (Phi) is 8.36. The van der Waals surface area contributed by atoms with E-state index < -0.39 is 29.0 Å². The quantitative estimate of drug-likeness (QED) is 0.250. The first-order valence-corrected chi connectivity index (χ1v) is 9.99. The van der Waals surface area contributed by atoms with Crippen LogP contribution in [0.5, 0.6) is 0 Å². The minimum absolute atomic E-state index is 0.102. The topological polar surface area (TPSA) is 112 Å². The molecule has 1 saturated heterocycles. The third-order valence-electron chi connectivity index (χ3n) is 4.49. The van der Waals surface area contributed by atoms with E-state index in [1.807, 2.05) is 0 Å². The Labute approximate surface area is 165 Å². The van der Waals surface area contributed by atoms with Crippen molar-refractivity contribution in [2.24, 2.45) is 5.18 Å². The van der Waals surface area contributed by atoms with Crippen molar-refractivity contribution in [3.05, 3.63) is 29.2 Å². The summed E-state index contributed by atoms with van der Waals surface area (Å²) in [5.41, 5.74) is -1.09. The molecule has 1 aliphatic heterocycles. The lowest BCUT2D eigenvalue weighted by molar-refractivity contribution is -0.173. The van der Waals surface area contributed by atoms with Gasteiger partial charge in [-0.25, -0.2) is 8.51 Å². The Balaban J connectivity index is 2.11. The SMILES string of the molecule is CCOC(=O)CC(=O)C1(OCOC)CCN(S(=O)c2ccccc2N=O)CC1. The highest BCUT2D eigenvalue weighted by Gasteiger charge is 2.44. The second kappa shape index (κ2) is 10.5. The zero-order valence-electron chi connectivity index (χ0n) is 15.9. The van der Waals surface area contributed by atoms with E-state index in [0.29, 0.717) is 4.90 Å². The molecular formula is C18H24N2O7S. The summed E-state index contributed by atoms with van der Waals surface area (Å²) in [7, 11) is -0.156. The van der Waals surface area contributed by atoms with E-state index in [0.717, 1.165) is 0 Å². The minimum atomic E-state index is -1.60. The highest BCUT2D eigenvalue weighted by Crippen LogP contribution is 2.32. The Morgan fingerprint density at radius 2 is 1.93 bits per heavy atom. The van der Waals surface area contributed by atoms with Crippen LogP contribution in [0.25, 0.3) is 0 Å². The van der Waals surface area contributed by atoms with Gasteiger partial charge in [-0.2, -0.15) is 0 Å². The highest BCUT2D eigenvalue weighted by molar-refractivity contribution is 7.82. The molecule has 0 N–H and O–H groups in total. The number of esters is 1. The summed E-state index contributed by atoms with van der Waals surface area (Å²) in [5.74, 6) is -0.992. The standard InChI is InChI=1S/C18H24N2O7S/c1-3-26-17(22)12-16(21)18(27-13-25-2)8-10-20(11-9-18)28(24)15-7-5-4-6-14(15)19-23/h4-7H,3,8-13H2,1-2H3. The third-order valence-corrected chi connectivity index (χ3v) is 6.04. The number of carbonyl (C=O) groups is 2. The molecule has 2 rings (SSSR count). The van der Waals surface area contributed by atoms with Gasteiger partial charge in [-0.05, 0) is 37.1 Å². The fourth-order valence-corrected chi connectivity index (χ4v) is 4.28. The lowest BCUT2D eigenvalue weighted by Crippen LogP contribution is -2.52. The van der Waals surface area contributed by atoms with E-state index in [2.05, 4.69) is 5.18 Å². The van der Waals surface area contributed by atoms with Gasteiger partial charge in [-0.15, -0.1) is 4.91 Å². The van der Waals surface area contributed by atoms with Gasteiger partial charge in [0.05, 0.1) is 11.5 Å². The number of nitroso groups, excluding NO2 is 1. The first kappa shape index (κ1) is 22.3. The first-order valence-electron chi connectivity index (χ1n) is 8.88. The molecular weight excluding hydrogens is 388 g/mol. The van der Waals surface area contributed by atoms with Crippen LogP contribution in [0.1, 0.15) is 26.2 Å². The van der Waals surface area contributed by atoms with Crippen LogP contribution in [0.3, 0.4) is 0 Å². The summed E-state index contributed by atoms with van der Waals surface area (Å²) in [4.78, 5) is 35.7. The number of methoxy groups -OCH3 is 1. The van der Waals surface area contributed by atoms with Gasteiger partial charge in [0.25, 0.3) is 0 Å². The molecule has 0 saturated carbocycles. The zero-order chi connectivity index (χ0) is 20.6. The predicted octanol–water partition coefficient (Wildman–Crippen LogP) is 2.08. The number of hydrogen-bond acceptors (Lipinski definition) is 8. The number of rotatable bonds is 10. The van der Waals surface area contributed by atoms with Crippen molar-refractivity contribution in [2.75, 3.05) is 33.6 Å². The van der Waals surface area contributed by atoms with Gasteiger partial charge in [-0.3, -0.25) is 9.59 Å². The van der Waals surface area contributed by atoms with Crippen molar-refractivity contribution in [1.82, 2.24) is 4.31 Å². The van der Waals surface area contributed by atoms with Crippen LogP contribution in [0.4, 0.5) is 5.69 Å². The van der Waals surface area contributed by atoms with E-state index in [9.17, 15) is 18.7 Å². The number of carbonyl (C=O) groups excluding carboxylic acids is 2. The lowest BCUT2D eigenvalue weighted by Gasteiger charge is -2.39. The molecule has 28 heavy (non-hydrogen) atoms. The molecule has 0 aliphatic carbocycles. The number of ether oxygens (including phenoxy) is 3. The maximum atomic E-state index is 12.9. The van der Waals surface area contributed by atoms with Crippen molar-refractivity contribution in [3.8, 4) is 0 Å². The highest BCUT2D eigenvalue weighted by atomic mass is 32.2. The zero-order valence-corrected chi connectivity index (χ0v) is 16.7. The van der Waals surface area contributed by atoms with Gasteiger partial charge < -0.3 is 14.2 Å². The van der Waals surface area contributed by atoms with Gasteiger partial charge in [0.2, 0.25) is 0 Å². The molecule has 1 fully saturated rings. The van der Waals surface area contributed by atoms with Crippen molar-refractivity contribution >= 4 is 28.4 Å². The van der Waals surface area contributed by atoms with Crippen molar-refractivity contribution in [2.45, 2.75) is 36.7 Å². The Bertz CT molecular complexity index is 732. The molecule has 0 bridgehead atoms. The molecule has 1 aromatic carbocycles. The lowest BCUT2D eigenvalue weighted by atomic mass is 9.86. The molecule has 0 spiro atoms. The largest absolute Gasteiger partial charge is 0.466 e. The predicted molar refractivity (Wildman–Crippen MR) is 101 cm³/mol. The van der Waals surface area contributed by atoms with E-state index in [4.69, 9.17) is 14.2 Å². The third kappa shape index (κ3) is 5.28. The number of Topliss-reactive ketones (excluding diaryl/α,β-unsaturated/α-hetero) is 1. The molecule has 0 aromatic heterocycles. The molecule has 1 aromatic rings. The van der Waals surface area contributed by atoms with Gasteiger partial charge in [0.1, 0.15) is 35.5 Å². The van der Waals surface area contributed by atoms with E-state index >= 15 is 0 Å². The molecule has 1 atom stereocenters. The second-order valence-corrected chi connectivity index (χ2v) is 7.64. The second-order valence-electron chi connectivity index (χ2n) is 6.19. The molecule has 0 radical (unpaired) electrons. The van der Waals surface area contributed by atoms with Gasteiger partial charge in [0, 0.05) is 20.2 Å². The van der Waals surface area contributed by atoms with Crippen LogP contribution in [0.15, 0.2) is 34.3 Å². The summed E-state index contributed by atoms with van der Waals surface area (Å²) in [5, 5.41) is 2.92. The molecule has 10 heteroatoms. The van der Waals surface area contributed by atoms with Crippen LogP contribution in [0.2, 0.25) is 0 Å². The van der Waals surface area contributed by atoms with E-state index in [1.165, 1.54) is 13.2 Å².